The maximum absolute atomic E-state index is 9.08. The molecule has 1 heterocycles. The summed E-state index contributed by atoms with van der Waals surface area (Å²) in [4.78, 5) is 0. The Hall–Kier alpha value is -2.01. The normalized spacial score (nSPS) is 10.2. The Morgan fingerprint density at radius 2 is 2.00 bits per heavy atom. The maximum atomic E-state index is 9.08. The van der Waals surface area contributed by atoms with Crippen LogP contribution in [0.5, 0.6) is 17.2 Å². The first kappa shape index (κ1) is 9.54. The van der Waals surface area contributed by atoms with Gasteiger partial charge >= 0.3 is 0 Å². The van der Waals surface area contributed by atoms with E-state index in [4.69, 9.17) is 15.6 Å². The van der Waals surface area contributed by atoms with Crippen molar-refractivity contribution in [3.05, 3.63) is 36.7 Å². The zero-order valence-electron chi connectivity index (χ0n) is 8.00. The third-order valence-electron chi connectivity index (χ3n) is 1.87. The lowest BCUT2D eigenvalue weighted by Gasteiger charge is -2.01. The molecule has 0 atom stereocenters. The van der Waals surface area contributed by atoms with Crippen LogP contribution in [-0.2, 0) is 6.67 Å². The maximum Gasteiger partial charge on any atom is 0.165 e. The fourth-order valence-electron chi connectivity index (χ4n) is 1.15. The van der Waals surface area contributed by atoms with Crippen molar-refractivity contribution in [1.82, 2.24) is 9.78 Å². The topological polar surface area (TPSA) is 73.3 Å². The number of phenolic OH excluding ortho intramolecular Hbond substituents is 1. The molecule has 0 radical (unpaired) electrons. The molecule has 0 aliphatic rings. The lowest BCUT2D eigenvalue weighted by molar-refractivity contribution is 0.464. The average molecular weight is 205 g/mol. The summed E-state index contributed by atoms with van der Waals surface area (Å²) in [5.41, 5.74) is 5.39. The molecule has 0 saturated heterocycles. The van der Waals surface area contributed by atoms with E-state index in [2.05, 4.69) is 5.10 Å². The number of nitrogens with two attached hydrogens (primary N) is 1. The molecule has 0 amide bonds. The smallest absolute Gasteiger partial charge is 0.165 e. The van der Waals surface area contributed by atoms with E-state index in [0.717, 1.165) is 0 Å². The van der Waals surface area contributed by atoms with E-state index in [-0.39, 0.29) is 5.75 Å². The zero-order chi connectivity index (χ0) is 10.7. The summed E-state index contributed by atoms with van der Waals surface area (Å²) in [6, 6.07) is 6.47. The molecule has 0 bridgehead atoms. The number of hydrogen-bond donors (Lipinski definition) is 2. The van der Waals surface area contributed by atoms with E-state index in [9.17, 15) is 0 Å². The fourth-order valence-corrected chi connectivity index (χ4v) is 1.15. The van der Waals surface area contributed by atoms with Gasteiger partial charge in [0, 0.05) is 0 Å². The van der Waals surface area contributed by atoms with Crippen molar-refractivity contribution in [3.63, 3.8) is 0 Å². The van der Waals surface area contributed by atoms with Crippen LogP contribution in [0.2, 0.25) is 0 Å². The average Bonchev–Trinajstić information content (AvgIpc) is 2.69. The summed E-state index contributed by atoms with van der Waals surface area (Å²) >= 11 is 0. The molecule has 15 heavy (non-hydrogen) atoms. The van der Waals surface area contributed by atoms with Crippen LogP contribution in [0.4, 0.5) is 0 Å². The van der Waals surface area contributed by atoms with E-state index in [1.807, 2.05) is 0 Å². The van der Waals surface area contributed by atoms with Crippen LogP contribution in [-0.4, -0.2) is 14.9 Å². The van der Waals surface area contributed by atoms with Gasteiger partial charge in [-0.3, -0.25) is 4.68 Å². The largest absolute Gasteiger partial charge is 0.508 e. The van der Waals surface area contributed by atoms with Crippen LogP contribution in [0.1, 0.15) is 0 Å². The number of benzene rings is 1. The van der Waals surface area contributed by atoms with Crippen LogP contribution in [0.15, 0.2) is 36.7 Å². The Morgan fingerprint density at radius 1 is 1.27 bits per heavy atom. The molecular weight excluding hydrogens is 194 g/mol. The van der Waals surface area contributed by atoms with Gasteiger partial charge in [-0.15, -0.1) is 0 Å². The first-order valence-corrected chi connectivity index (χ1v) is 4.47. The molecule has 0 saturated carbocycles. The highest BCUT2D eigenvalue weighted by Gasteiger charge is 2.00. The first-order chi connectivity index (χ1) is 7.28. The number of rotatable bonds is 3. The number of nitrogens with zero attached hydrogens (tertiary/aromatic N) is 2. The highest BCUT2D eigenvalue weighted by molar-refractivity contribution is 5.33. The molecule has 0 fully saturated rings. The highest BCUT2D eigenvalue weighted by atomic mass is 16.5. The third kappa shape index (κ3) is 2.26. The van der Waals surface area contributed by atoms with E-state index in [0.29, 0.717) is 18.2 Å². The second-order valence-electron chi connectivity index (χ2n) is 2.99. The van der Waals surface area contributed by atoms with Crippen LogP contribution >= 0.6 is 0 Å². The zero-order valence-corrected chi connectivity index (χ0v) is 8.00. The van der Waals surface area contributed by atoms with E-state index in [1.165, 1.54) is 0 Å². The van der Waals surface area contributed by atoms with Crippen molar-refractivity contribution in [2.75, 3.05) is 0 Å². The number of phenols is 1. The van der Waals surface area contributed by atoms with Gasteiger partial charge in [-0.2, -0.15) is 5.10 Å². The van der Waals surface area contributed by atoms with Gasteiger partial charge in [0.25, 0.3) is 0 Å². The predicted molar refractivity (Wildman–Crippen MR) is 54.6 cm³/mol. The Bertz CT molecular complexity index is 436. The molecule has 0 unspecified atom stereocenters. The minimum Gasteiger partial charge on any atom is -0.508 e. The monoisotopic (exact) mass is 205 g/mol. The minimum absolute atomic E-state index is 0.208. The van der Waals surface area contributed by atoms with E-state index in [1.54, 1.807) is 41.3 Å². The second kappa shape index (κ2) is 4.02. The second-order valence-corrected chi connectivity index (χ2v) is 2.99. The molecule has 5 heteroatoms. The molecule has 3 N–H and O–H groups in total. The van der Waals surface area contributed by atoms with Crippen molar-refractivity contribution in [3.8, 4) is 17.2 Å². The summed E-state index contributed by atoms with van der Waals surface area (Å²) in [5, 5.41) is 13.0. The van der Waals surface area contributed by atoms with Crippen molar-refractivity contribution in [1.29, 1.82) is 0 Å². The molecule has 0 aliphatic carbocycles. The molecule has 2 rings (SSSR count). The Kier molecular flexibility index (Phi) is 2.55. The third-order valence-corrected chi connectivity index (χ3v) is 1.87. The van der Waals surface area contributed by atoms with Crippen LogP contribution in [0.3, 0.4) is 0 Å². The Morgan fingerprint density at radius 3 is 2.60 bits per heavy atom. The van der Waals surface area contributed by atoms with Crippen molar-refractivity contribution in [2.45, 2.75) is 6.67 Å². The number of aromatic hydroxyl groups is 1. The standard InChI is InChI=1S/C10H11N3O2/c11-7-13-6-10(5-12-13)15-9-3-1-8(14)2-4-9/h1-6,14H,7,11H2. The number of hydrogen-bond acceptors (Lipinski definition) is 4. The van der Waals surface area contributed by atoms with Crippen LogP contribution in [0, 0.1) is 0 Å². The van der Waals surface area contributed by atoms with Gasteiger partial charge in [0.2, 0.25) is 0 Å². The summed E-state index contributed by atoms with van der Waals surface area (Å²) in [5.74, 6) is 1.47. The summed E-state index contributed by atoms with van der Waals surface area (Å²) in [6.07, 6.45) is 3.28. The molecule has 78 valence electrons. The summed E-state index contributed by atoms with van der Waals surface area (Å²) in [7, 11) is 0. The van der Waals surface area contributed by atoms with Crippen molar-refractivity contribution >= 4 is 0 Å². The molecule has 2 aromatic rings. The summed E-state index contributed by atoms with van der Waals surface area (Å²) in [6.45, 7) is 0.318. The lowest BCUT2D eigenvalue weighted by atomic mass is 10.3. The van der Waals surface area contributed by atoms with E-state index >= 15 is 0 Å². The predicted octanol–water partition coefficient (Wildman–Crippen LogP) is 1.30. The fraction of sp³-hybridized carbons (Fsp3) is 0.100. The molecule has 5 nitrogen and oxygen atoms in total. The van der Waals surface area contributed by atoms with Gasteiger partial charge in [0.05, 0.1) is 19.1 Å². The molecule has 1 aromatic carbocycles. The van der Waals surface area contributed by atoms with Gasteiger partial charge in [-0.25, -0.2) is 0 Å². The molecular formula is C10H11N3O2. The van der Waals surface area contributed by atoms with Gasteiger partial charge < -0.3 is 15.6 Å². The SMILES string of the molecule is NCn1cc(Oc2ccc(O)cc2)cn1. The Balaban J connectivity index is 2.11. The molecule has 0 aliphatic heterocycles. The van der Waals surface area contributed by atoms with Gasteiger partial charge in [-0.05, 0) is 24.3 Å². The van der Waals surface area contributed by atoms with Gasteiger partial charge in [-0.1, -0.05) is 0 Å². The lowest BCUT2D eigenvalue weighted by Crippen LogP contribution is -2.06. The van der Waals surface area contributed by atoms with Crippen LogP contribution < -0.4 is 10.5 Å². The number of ether oxygens (including phenoxy) is 1. The van der Waals surface area contributed by atoms with Gasteiger partial charge in [0.1, 0.15) is 11.5 Å². The van der Waals surface area contributed by atoms with Crippen LogP contribution in [0.25, 0.3) is 0 Å². The molecule has 0 spiro atoms. The minimum atomic E-state index is 0.208. The van der Waals surface area contributed by atoms with Gasteiger partial charge in [0.15, 0.2) is 5.75 Å². The van der Waals surface area contributed by atoms with Crippen molar-refractivity contribution in [2.24, 2.45) is 5.73 Å². The first-order valence-electron chi connectivity index (χ1n) is 4.47. The quantitative estimate of drug-likeness (QED) is 0.792. The van der Waals surface area contributed by atoms with E-state index < -0.39 is 0 Å². The molecule has 1 aromatic heterocycles. The summed E-state index contributed by atoms with van der Waals surface area (Å²) < 4.78 is 7.03. The number of aromatic nitrogens is 2. The Labute approximate surface area is 86.7 Å². The highest BCUT2D eigenvalue weighted by Crippen LogP contribution is 2.22. The van der Waals surface area contributed by atoms with Crippen molar-refractivity contribution < 1.29 is 9.84 Å².